The Hall–Kier alpha value is -2.64. The number of aromatic nitrogens is 1. The summed E-state index contributed by atoms with van der Waals surface area (Å²) in [4.78, 5) is 32.0. The molecule has 7 nitrogen and oxygen atoms in total. The minimum atomic E-state index is -0.430. The zero-order valence-corrected chi connectivity index (χ0v) is 25.3. The minimum Gasteiger partial charge on any atom is -0.462 e. The fourth-order valence-electron chi connectivity index (χ4n) is 5.08. The van der Waals surface area contributed by atoms with Gasteiger partial charge in [-0.2, -0.15) is 0 Å². The molecule has 218 valence electrons. The summed E-state index contributed by atoms with van der Waals surface area (Å²) in [6.07, 6.45) is 4.49. The number of carbonyl (C=O) groups excluding carboxylic acids is 2. The lowest BCUT2D eigenvalue weighted by Gasteiger charge is -2.18. The van der Waals surface area contributed by atoms with Gasteiger partial charge in [0.15, 0.2) is 0 Å². The first-order valence-electron chi connectivity index (χ1n) is 15.1. The quantitative estimate of drug-likeness (QED) is 0.157. The summed E-state index contributed by atoms with van der Waals surface area (Å²) in [5, 5.41) is 0. The third kappa shape index (κ3) is 9.21. The van der Waals surface area contributed by atoms with Crippen molar-refractivity contribution >= 4 is 11.9 Å². The Morgan fingerprint density at radius 1 is 0.667 bits per heavy atom. The summed E-state index contributed by atoms with van der Waals surface area (Å²) in [6, 6.07) is 9.99. The van der Waals surface area contributed by atoms with Crippen molar-refractivity contribution in [3.8, 4) is 5.69 Å². The van der Waals surface area contributed by atoms with Crippen LogP contribution in [0.25, 0.3) is 5.69 Å². The number of rotatable bonds is 19. The maximum atomic E-state index is 13.7. The monoisotopic (exact) mass is 541 g/mol. The van der Waals surface area contributed by atoms with E-state index in [9.17, 15) is 9.59 Å². The lowest BCUT2D eigenvalue weighted by atomic mass is 10.0. The van der Waals surface area contributed by atoms with E-state index >= 15 is 0 Å². The van der Waals surface area contributed by atoms with E-state index in [1.165, 1.54) is 0 Å². The molecule has 0 N–H and O–H groups in total. The van der Waals surface area contributed by atoms with Gasteiger partial charge in [0, 0.05) is 30.2 Å². The van der Waals surface area contributed by atoms with Crippen molar-refractivity contribution in [2.45, 2.75) is 80.1 Å². The number of benzene rings is 1. The van der Waals surface area contributed by atoms with Gasteiger partial charge in [-0.3, -0.25) is 0 Å². The molecule has 0 bridgehead atoms. The van der Waals surface area contributed by atoms with Crippen LogP contribution in [-0.4, -0.2) is 78.8 Å². The van der Waals surface area contributed by atoms with Gasteiger partial charge in [0.05, 0.1) is 24.3 Å². The van der Waals surface area contributed by atoms with E-state index in [2.05, 4.69) is 55.9 Å². The summed E-state index contributed by atoms with van der Waals surface area (Å²) in [6.45, 7) is 19.0. The van der Waals surface area contributed by atoms with Gasteiger partial charge in [0.1, 0.15) is 0 Å². The molecule has 2 aromatic rings. The normalized spacial score (nSPS) is 11.4. The van der Waals surface area contributed by atoms with Crippen molar-refractivity contribution in [2.24, 2.45) is 0 Å². The van der Waals surface area contributed by atoms with Gasteiger partial charge in [0.2, 0.25) is 0 Å². The SMILES string of the molecule is CCCc1c(C(=O)OCCCN(CC)CC)c(C(=O)OCCCN(CC)CC)c(CCC)n1-c1ccccc1. The lowest BCUT2D eigenvalue weighted by Crippen LogP contribution is -2.25. The molecule has 0 unspecified atom stereocenters. The van der Waals surface area contributed by atoms with Crippen LogP contribution in [0.15, 0.2) is 30.3 Å². The van der Waals surface area contributed by atoms with Gasteiger partial charge in [-0.25, -0.2) is 9.59 Å². The van der Waals surface area contributed by atoms with Gasteiger partial charge < -0.3 is 23.8 Å². The van der Waals surface area contributed by atoms with E-state index in [-0.39, 0.29) is 0 Å². The Balaban J connectivity index is 2.46. The second-order valence-corrected chi connectivity index (χ2v) is 9.85. The molecule has 0 saturated carbocycles. The Morgan fingerprint density at radius 3 is 1.44 bits per heavy atom. The highest BCUT2D eigenvalue weighted by atomic mass is 16.5. The van der Waals surface area contributed by atoms with E-state index in [4.69, 9.17) is 9.47 Å². The summed E-state index contributed by atoms with van der Waals surface area (Å²) in [5.74, 6) is -0.861. The number of esters is 2. The molecule has 1 heterocycles. The van der Waals surface area contributed by atoms with Crippen molar-refractivity contribution < 1.29 is 19.1 Å². The van der Waals surface area contributed by atoms with Crippen LogP contribution < -0.4 is 0 Å². The van der Waals surface area contributed by atoms with Crippen LogP contribution >= 0.6 is 0 Å². The Labute approximate surface area is 236 Å². The predicted molar refractivity (Wildman–Crippen MR) is 159 cm³/mol. The van der Waals surface area contributed by atoms with E-state index < -0.39 is 11.9 Å². The second-order valence-electron chi connectivity index (χ2n) is 9.85. The van der Waals surface area contributed by atoms with E-state index in [0.717, 1.165) is 82.0 Å². The predicted octanol–water partition coefficient (Wildman–Crippen LogP) is 6.16. The van der Waals surface area contributed by atoms with Crippen molar-refractivity contribution in [1.29, 1.82) is 0 Å². The zero-order valence-electron chi connectivity index (χ0n) is 25.3. The molecular formula is C32H51N3O4. The van der Waals surface area contributed by atoms with E-state index in [1.54, 1.807) is 0 Å². The summed E-state index contributed by atoms with van der Waals surface area (Å²) in [5.41, 5.74) is 3.36. The fourth-order valence-corrected chi connectivity index (χ4v) is 5.08. The summed E-state index contributed by atoms with van der Waals surface area (Å²) < 4.78 is 13.7. The second kappa shape index (κ2) is 17.9. The number of hydrogen-bond donors (Lipinski definition) is 0. The molecule has 0 radical (unpaired) electrons. The standard InChI is InChI=1S/C32H51N3O4/c1-7-18-27-29(31(36)38-24-16-22-33(9-3)10-4)30(32(37)39-25-17-23-34(11-5)12-6)28(19-8-2)35(27)26-20-14-13-15-21-26/h13-15,20-21H,7-12,16-19,22-25H2,1-6H3. The molecule has 0 aliphatic heterocycles. The maximum absolute atomic E-state index is 13.7. The number of carbonyl (C=O) groups is 2. The zero-order chi connectivity index (χ0) is 28.6. The molecule has 1 aromatic heterocycles. The van der Waals surface area contributed by atoms with Gasteiger partial charge >= 0.3 is 11.9 Å². The van der Waals surface area contributed by atoms with E-state index in [0.29, 0.717) is 37.2 Å². The van der Waals surface area contributed by atoms with Crippen LogP contribution in [0.5, 0.6) is 0 Å². The van der Waals surface area contributed by atoms with Crippen LogP contribution in [0, 0.1) is 0 Å². The Morgan fingerprint density at radius 2 is 1.08 bits per heavy atom. The molecule has 1 aromatic carbocycles. The average molecular weight is 542 g/mol. The van der Waals surface area contributed by atoms with Gasteiger partial charge in [-0.15, -0.1) is 0 Å². The van der Waals surface area contributed by atoms with Crippen molar-refractivity contribution in [3.63, 3.8) is 0 Å². The smallest absolute Gasteiger partial charge is 0.340 e. The number of ether oxygens (including phenoxy) is 2. The molecule has 0 saturated heterocycles. The first-order valence-corrected chi connectivity index (χ1v) is 15.1. The molecule has 0 fully saturated rings. The van der Waals surface area contributed by atoms with Crippen LogP contribution in [0.3, 0.4) is 0 Å². The molecule has 2 rings (SSSR count). The number of nitrogens with zero attached hydrogens (tertiary/aromatic N) is 3. The molecule has 7 heteroatoms. The third-order valence-corrected chi connectivity index (χ3v) is 7.26. The van der Waals surface area contributed by atoms with Gasteiger partial charge in [0.25, 0.3) is 0 Å². The Kier molecular flexibility index (Phi) is 14.9. The third-order valence-electron chi connectivity index (χ3n) is 7.26. The number of hydrogen-bond acceptors (Lipinski definition) is 6. The molecule has 0 spiro atoms. The largest absolute Gasteiger partial charge is 0.462 e. The highest BCUT2D eigenvalue weighted by Crippen LogP contribution is 2.31. The van der Waals surface area contributed by atoms with Crippen LogP contribution in [0.2, 0.25) is 0 Å². The average Bonchev–Trinajstić information content (AvgIpc) is 3.27. The van der Waals surface area contributed by atoms with Crippen molar-refractivity contribution in [3.05, 3.63) is 52.8 Å². The molecule has 39 heavy (non-hydrogen) atoms. The summed E-state index contributed by atoms with van der Waals surface area (Å²) in [7, 11) is 0. The fraction of sp³-hybridized carbons (Fsp3) is 0.625. The Bertz CT molecular complexity index is 935. The van der Waals surface area contributed by atoms with Gasteiger partial charge in [-0.1, -0.05) is 72.6 Å². The topological polar surface area (TPSA) is 64.0 Å². The van der Waals surface area contributed by atoms with Crippen LogP contribution in [-0.2, 0) is 22.3 Å². The molecule has 0 aliphatic rings. The molecular weight excluding hydrogens is 490 g/mol. The van der Waals surface area contributed by atoms with Crippen LogP contribution in [0.1, 0.15) is 99.3 Å². The van der Waals surface area contributed by atoms with Crippen LogP contribution in [0.4, 0.5) is 0 Å². The van der Waals surface area contributed by atoms with Crippen molar-refractivity contribution in [2.75, 3.05) is 52.5 Å². The van der Waals surface area contributed by atoms with Crippen molar-refractivity contribution in [1.82, 2.24) is 14.4 Å². The molecule has 0 amide bonds. The lowest BCUT2D eigenvalue weighted by molar-refractivity contribution is 0.0442. The first kappa shape index (κ1) is 32.6. The molecule has 0 aliphatic carbocycles. The highest BCUT2D eigenvalue weighted by Gasteiger charge is 2.33. The molecule has 0 atom stereocenters. The first-order chi connectivity index (χ1) is 19.0. The number of para-hydroxylation sites is 1. The minimum absolute atomic E-state index is 0.318. The summed E-state index contributed by atoms with van der Waals surface area (Å²) >= 11 is 0. The maximum Gasteiger partial charge on any atom is 0.340 e. The van der Waals surface area contributed by atoms with Gasteiger partial charge in [-0.05, 0) is 64.0 Å². The highest BCUT2D eigenvalue weighted by molar-refractivity contribution is 6.05. The van der Waals surface area contributed by atoms with E-state index in [1.807, 2.05) is 30.3 Å².